The van der Waals surface area contributed by atoms with Gasteiger partial charge in [-0.1, -0.05) is 44.9 Å². The minimum absolute atomic E-state index is 0. The first-order valence-electron chi connectivity index (χ1n) is 7.75. The van der Waals surface area contributed by atoms with E-state index in [1.54, 1.807) is 0 Å². The zero-order chi connectivity index (χ0) is 14.4. The van der Waals surface area contributed by atoms with Crippen LogP contribution in [0.3, 0.4) is 0 Å². The van der Waals surface area contributed by atoms with Gasteiger partial charge >= 0.3 is 0 Å². The highest BCUT2D eigenvalue weighted by molar-refractivity contribution is 5.85. The molecule has 21 heavy (non-hydrogen) atoms. The summed E-state index contributed by atoms with van der Waals surface area (Å²) in [6, 6.07) is 10.4. The van der Waals surface area contributed by atoms with Gasteiger partial charge in [-0.15, -0.1) is 12.4 Å². The molecule has 2 rings (SSSR count). The van der Waals surface area contributed by atoms with Crippen molar-refractivity contribution in [3.05, 3.63) is 30.3 Å². The molecule has 1 aromatic rings. The average molecular weight is 311 g/mol. The van der Waals surface area contributed by atoms with Gasteiger partial charge in [0.15, 0.2) is 0 Å². The van der Waals surface area contributed by atoms with E-state index in [2.05, 4.69) is 24.1 Å². The molecule has 118 valence electrons. The summed E-state index contributed by atoms with van der Waals surface area (Å²) in [5.74, 6) is 0.755. The van der Waals surface area contributed by atoms with Crippen LogP contribution >= 0.6 is 12.4 Å². The normalized spacial score (nSPS) is 14.8. The van der Waals surface area contributed by atoms with Crippen molar-refractivity contribution in [3.63, 3.8) is 0 Å². The number of amides is 1. The molecule has 1 fully saturated rings. The molecule has 0 saturated heterocycles. The molecule has 1 aliphatic rings. The largest absolute Gasteiger partial charge is 0.376 e. The number of carbonyl (C=O) groups is 1. The standard InChI is InChI=1S/C17H26N2O.ClH/c1-14(2)13-19(16-10-6-7-11-16)17(20)12-18-15-8-4-3-5-9-15;/h3-5,8-9,14,16,18H,6-7,10-13H2,1-2H3;1H. The van der Waals surface area contributed by atoms with E-state index in [1.807, 2.05) is 30.3 Å². The van der Waals surface area contributed by atoms with Crippen LogP contribution in [0.15, 0.2) is 30.3 Å². The van der Waals surface area contributed by atoms with Gasteiger partial charge in [0.1, 0.15) is 0 Å². The van der Waals surface area contributed by atoms with Gasteiger partial charge in [0.05, 0.1) is 6.54 Å². The van der Waals surface area contributed by atoms with Crippen molar-refractivity contribution < 1.29 is 4.79 Å². The zero-order valence-electron chi connectivity index (χ0n) is 13.0. The third-order valence-electron chi connectivity index (χ3n) is 3.87. The molecule has 0 radical (unpaired) electrons. The molecule has 0 spiro atoms. The van der Waals surface area contributed by atoms with Crippen LogP contribution in [0.4, 0.5) is 5.69 Å². The van der Waals surface area contributed by atoms with E-state index in [0.717, 1.165) is 12.2 Å². The molecule has 1 N–H and O–H groups in total. The molecule has 0 unspecified atom stereocenters. The Morgan fingerprint density at radius 3 is 2.43 bits per heavy atom. The summed E-state index contributed by atoms with van der Waals surface area (Å²) in [6.07, 6.45) is 4.87. The van der Waals surface area contributed by atoms with Crippen molar-refractivity contribution in [2.45, 2.75) is 45.6 Å². The van der Waals surface area contributed by atoms with Gasteiger partial charge < -0.3 is 10.2 Å². The molecule has 0 aromatic heterocycles. The molecule has 0 heterocycles. The number of hydrogen-bond donors (Lipinski definition) is 1. The van der Waals surface area contributed by atoms with E-state index < -0.39 is 0 Å². The third-order valence-corrected chi connectivity index (χ3v) is 3.87. The molecule has 4 heteroatoms. The first-order chi connectivity index (χ1) is 9.66. The van der Waals surface area contributed by atoms with Crippen LogP contribution in [0.2, 0.25) is 0 Å². The monoisotopic (exact) mass is 310 g/mol. The fraction of sp³-hybridized carbons (Fsp3) is 0.588. The van der Waals surface area contributed by atoms with Crippen LogP contribution in [0.25, 0.3) is 0 Å². The Balaban J connectivity index is 0.00000220. The molecule has 1 aliphatic carbocycles. The summed E-state index contributed by atoms with van der Waals surface area (Å²) in [5.41, 5.74) is 1.01. The van der Waals surface area contributed by atoms with Gasteiger partial charge in [-0.05, 0) is 30.9 Å². The summed E-state index contributed by atoms with van der Waals surface area (Å²) in [7, 11) is 0. The number of rotatable bonds is 6. The summed E-state index contributed by atoms with van der Waals surface area (Å²) in [6.45, 7) is 5.63. The lowest BCUT2D eigenvalue weighted by Gasteiger charge is -2.31. The second-order valence-corrected chi connectivity index (χ2v) is 6.10. The Hall–Kier alpha value is -1.22. The van der Waals surface area contributed by atoms with Gasteiger partial charge in [0, 0.05) is 18.3 Å². The summed E-state index contributed by atoms with van der Waals surface area (Å²) < 4.78 is 0. The lowest BCUT2D eigenvalue weighted by molar-refractivity contribution is -0.132. The highest BCUT2D eigenvalue weighted by Crippen LogP contribution is 2.24. The van der Waals surface area contributed by atoms with E-state index >= 15 is 0 Å². The number of hydrogen-bond acceptors (Lipinski definition) is 2. The SMILES string of the molecule is CC(C)CN(C(=O)CNc1ccccc1)C1CCCC1.Cl. The molecule has 0 aliphatic heterocycles. The second-order valence-electron chi connectivity index (χ2n) is 6.10. The van der Waals surface area contributed by atoms with Crippen LogP contribution in [0.1, 0.15) is 39.5 Å². The smallest absolute Gasteiger partial charge is 0.242 e. The molecule has 1 amide bonds. The van der Waals surface area contributed by atoms with Gasteiger partial charge in [0.2, 0.25) is 5.91 Å². The van der Waals surface area contributed by atoms with Crippen LogP contribution in [-0.4, -0.2) is 29.9 Å². The van der Waals surface area contributed by atoms with Crippen molar-refractivity contribution >= 4 is 24.0 Å². The maximum Gasteiger partial charge on any atom is 0.242 e. The predicted octanol–water partition coefficient (Wildman–Crippen LogP) is 3.95. The fourth-order valence-electron chi connectivity index (χ4n) is 2.90. The fourth-order valence-corrected chi connectivity index (χ4v) is 2.90. The lowest BCUT2D eigenvalue weighted by Crippen LogP contribution is -2.44. The maximum absolute atomic E-state index is 12.5. The van der Waals surface area contributed by atoms with Gasteiger partial charge in [-0.3, -0.25) is 4.79 Å². The topological polar surface area (TPSA) is 32.3 Å². The average Bonchev–Trinajstić information content (AvgIpc) is 2.97. The van der Waals surface area contributed by atoms with Crippen LogP contribution in [0.5, 0.6) is 0 Å². The summed E-state index contributed by atoms with van der Waals surface area (Å²) in [4.78, 5) is 14.6. The quantitative estimate of drug-likeness (QED) is 0.863. The second kappa shape index (κ2) is 8.93. The Morgan fingerprint density at radius 2 is 1.86 bits per heavy atom. The zero-order valence-corrected chi connectivity index (χ0v) is 13.9. The Morgan fingerprint density at radius 1 is 1.24 bits per heavy atom. The molecule has 1 aromatic carbocycles. The number of halogens is 1. The minimum atomic E-state index is 0. The number of benzene rings is 1. The van der Waals surface area contributed by atoms with E-state index in [1.165, 1.54) is 25.7 Å². The Kier molecular flexibility index (Phi) is 7.58. The van der Waals surface area contributed by atoms with E-state index in [-0.39, 0.29) is 18.3 Å². The van der Waals surface area contributed by atoms with Crippen molar-refractivity contribution in [1.82, 2.24) is 4.90 Å². The highest BCUT2D eigenvalue weighted by Gasteiger charge is 2.26. The van der Waals surface area contributed by atoms with Crippen LogP contribution in [0, 0.1) is 5.92 Å². The molecule has 0 bridgehead atoms. The number of anilines is 1. The van der Waals surface area contributed by atoms with E-state index in [9.17, 15) is 4.79 Å². The number of nitrogens with zero attached hydrogens (tertiary/aromatic N) is 1. The molecular formula is C17H27ClN2O. The van der Waals surface area contributed by atoms with Gasteiger partial charge in [-0.2, -0.15) is 0 Å². The number of para-hydroxylation sites is 1. The van der Waals surface area contributed by atoms with Crippen molar-refractivity contribution in [1.29, 1.82) is 0 Å². The first kappa shape index (κ1) is 17.8. The van der Waals surface area contributed by atoms with Gasteiger partial charge in [0.25, 0.3) is 0 Å². The van der Waals surface area contributed by atoms with Crippen molar-refractivity contribution in [3.8, 4) is 0 Å². The molecule has 3 nitrogen and oxygen atoms in total. The van der Waals surface area contributed by atoms with E-state index in [4.69, 9.17) is 0 Å². The Labute approximate surface area is 134 Å². The van der Waals surface area contributed by atoms with Crippen molar-refractivity contribution in [2.75, 3.05) is 18.4 Å². The molecule has 0 atom stereocenters. The third kappa shape index (κ3) is 5.58. The summed E-state index contributed by atoms with van der Waals surface area (Å²) in [5, 5.41) is 3.23. The maximum atomic E-state index is 12.5. The number of carbonyl (C=O) groups excluding carboxylic acids is 1. The molecule has 1 saturated carbocycles. The predicted molar refractivity (Wildman–Crippen MR) is 91.0 cm³/mol. The minimum Gasteiger partial charge on any atom is -0.376 e. The Bertz CT molecular complexity index is 416. The summed E-state index contributed by atoms with van der Waals surface area (Å²) >= 11 is 0. The highest BCUT2D eigenvalue weighted by atomic mass is 35.5. The lowest BCUT2D eigenvalue weighted by atomic mass is 10.1. The number of nitrogens with one attached hydrogen (secondary N) is 1. The van der Waals surface area contributed by atoms with E-state index in [0.29, 0.717) is 18.5 Å². The van der Waals surface area contributed by atoms with Gasteiger partial charge in [-0.25, -0.2) is 0 Å². The van der Waals surface area contributed by atoms with Crippen molar-refractivity contribution in [2.24, 2.45) is 5.92 Å². The first-order valence-corrected chi connectivity index (χ1v) is 7.75. The van der Waals surface area contributed by atoms with Crippen LogP contribution < -0.4 is 5.32 Å². The van der Waals surface area contributed by atoms with Crippen LogP contribution in [-0.2, 0) is 4.79 Å². The molecular weight excluding hydrogens is 284 g/mol.